The Balaban J connectivity index is 2.19. The molecule has 1 unspecified atom stereocenters. The van der Waals surface area contributed by atoms with Crippen LogP contribution in [0.3, 0.4) is 0 Å². The first-order valence-electron chi connectivity index (χ1n) is 5.06. The molecule has 0 fully saturated rings. The average Bonchev–Trinajstić information content (AvgIpc) is 2.81. The van der Waals surface area contributed by atoms with Crippen molar-refractivity contribution in [2.45, 2.75) is 10.1 Å². The summed E-state index contributed by atoms with van der Waals surface area (Å²) in [6.45, 7) is 0.314. The molecule has 0 aliphatic carbocycles. The van der Waals surface area contributed by atoms with Crippen LogP contribution in [-0.4, -0.2) is 6.54 Å². The van der Waals surface area contributed by atoms with Crippen LogP contribution >= 0.6 is 11.8 Å². The molecule has 17 heavy (non-hydrogen) atoms. The second kappa shape index (κ2) is 5.33. The van der Waals surface area contributed by atoms with Gasteiger partial charge < -0.3 is 10.2 Å². The van der Waals surface area contributed by atoms with Gasteiger partial charge in [0.05, 0.1) is 11.5 Å². The maximum Gasteiger partial charge on any atom is 0.139 e. The van der Waals surface area contributed by atoms with Crippen molar-refractivity contribution >= 4 is 11.8 Å². The Morgan fingerprint density at radius 2 is 2.12 bits per heavy atom. The molecule has 1 aromatic carbocycles. The normalized spacial score (nSPS) is 12.6. The van der Waals surface area contributed by atoms with E-state index in [-0.39, 0.29) is 5.25 Å². The highest BCUT2D eigenvalue weighted by Gasteiger charge is 2.16. The van der Waals surface area contributed by atoms with E-state index in [1.54, 1.807) is 18.4 Å². The van der Waals surface area contributed by atoms with E-state index in [0.717, 1.165) is 6.07 Å². The van der Waals surface area contributed by atoms with E-state index in [1.807, 2.05) is 0 Å². The van der Waals surface area contributed by atoms with Crippen LogP contribution in [0.4, 0.5) is 8.78 Å². The fraction of sp³-hybridized carbons (Fsp3) is 0.167. The van der Waals surface area contributed by atoms with Gasteiger partial charge in [-0.1, -0.05) is 0 Å². The minimum Gasteiger partial charge on any atom is -0.468 e. The summed E-state index contributed by atoms with van der Waals surface area (Å²) in [5.41, 5.74) is 5.61. The Morgan fingerprint density at radius 3 is 2.71 bits per heavy atom. The molecule has 1 atom stereocenters. The van der Waals surface area contributed by atoms with Gasteiger partial charge in [-0.05, 0) is 24.3 Å². The first kappa shape index (κ1) is 12.1. The van der Waals surface area contributed by atoms with Gasteiger partial charge in [-0.15, -0.1) is 11.8 Å². The molecule has 0 spiro atoms. The molecule has 0 radical (unpaired) electrons. The Hall–Kier alpha value is -1.33. The van der Waals surface area contributed by atoms with Gasteiger partial charge in [-0.3, -0.25) is 0 Å². The smallest absolute Gasteiger partial charge is 0.139 e. The van der Waals surface area contributed by atoms with Gasteiger partial charge in [0.2, 0.25) is 0 Å². The van der Waals surface area contributed by atoms with Gasteiger partial charge in [0.15, 0.2) is 0 Å². The SMILES string of the molecule is NCC(Sc1ccc(F)cc1F)c1ccco1. The molecule has 0 aliphatic heterocycles. The number of benzene rings is 1. The standard InChI is InChI=1S/C12H11F2NOS/c13-8-3-4-11(9(14)6-8)17-12(7-15)10-2-1-5-16-10/h1-6,12H,7,15H2. The van der Waals surface area contributed by atoms with Gasteiger partial charge in [0, 0.05) is 17.5 Å². The quantitative estimate of drug-likeness (QED) is 0.851. The maximum atomic E-state index is 13.5. The number of hydrogen-bond donors (Lipinski definition) is 1. The molecule has 2 N–H and O–H groups in total. The van der Waals surface area contributed by atoms with Crippen molar-refractivity contribution in [3.8, 4) is 0 Å². The summed E-state index contributed by atoms with van der Waals surface area (Å²) in [5, 5.41) is -0.176. The van der Waals surface area contributed by atoms with Gasteiger partial charge in [0.1, 0.15) is 17.4 Å². The highest BCUT2D eigenvalue weighted by Crippen LogP contribution is 2.36. The number of rotatable bonds is 4. The topological polar surface area (TPSA) is 39.2 Å². The zero-order chi connectivity index (χ0) is 12.3. The Bertz CT molecular complexity index is 487. The zero-order valence-corrected chi connectivity index (χ0v) is 9.71. The van der Waals surface area contributed by atoms with Crippen LogP contribution in [-0.2, 0) is 0 Å². The summed E-state index contributed by atoms with van der Waals surface area (Å²) in [6, 6.07) is 7.02. The van der Waals surface area contributed by atoms with Crippen molar-refractivity contribution in [1.29, 1.82) is 0 Å². The van der Waals surface area contributed by atoms with E-state index < -0.39 is 11.6 Å². The molecule has 1 aromatic heterocycles. The Morgan fingerprint density at radius 1 is 1.29 bits per heavy atom. The lowest BCUT2D eigenvalue weighted by molar-refractivity contribution is 0.506. The highest BCUT2D eigenvalue weighted by molar-refractivity contribution is 7.99. The molecule has 0 saturated heterocycles. The summed E-state index contributed by atoms with van der Waals surface area (Å²) in [4.78, 5) is 0.359. The minimum atomic E-state index is -0.589. The minimum absolute atomic E-state index is 0.176. The second-order valence-electron chi connectivity index (χ2n) is 3.43. The zero-order valence-electron chi connectivity index (χ0n) is 8.90. The number of halogens is 2. The average molecular weight is 255 g/mol. The third-order valence-electron chi connectivity index (χ3n) is 2.24. The fourth-order valence-corrected chi connectivity index (χ4v) is 2.39. The predicted molar refractivity (Wildman–Crippen MR) is 62.7 cm³/mol. The largest absolute Gasteiger partial charge is 0.468 e. The molecule has 0 bridgehead atoms. The number of nitrogens with two attached hydrogens (primary N) is 1. The van der Waals surface area contributed by atoms with E-state index in [1.165, 1.54) is 23.9 Å². The summed E-state index contributed by atoms with van der Waals surface area (Å²) in [5.74, 6) is -0.490. The summed E-state index contributed by atoms with van der Waals surface area (Å²) in [6.07, 6.45) is 1.54. The maximum absolute atomic E-state index is 13.5. The molecular formula is C12H11F2NOS. The van der Waals surface area contributed by atoms with Gasteiger partial charge in [-0.2, -0.15) is 0 Å². The molecule has 2 aromatic rings. The number of furan rings is 1. The van der Waals surface area contributed by atoms with Crippen molar-refractivity contribution in [3.05, 3.63) is 54.0 Å². The molecule has 0 aliphatic rings. The molecule has 90 valence electrons. The monoisotopic (exact) mass is 255 g/mol. The lowest BCUT2D eigenvalue weighted by Crippen LogP contribution is -2.08. The van der Waals surface area contributed by atoms with Crippen LogP contribution in [0.2, 0.25) is 0 Å². The predicted octanol–water partition coefficient (Wildman–Crippen LogP) is 3.35. The van der Waals surface area contributed by atoms with Crippen LogP contribution in [0, 0.1) is 11.6 Å². The second-order valence-corrected chi connectivity index (χ2v) is 4.68. The molecular weight excluding hydrogens is 244 g/mol. The first-order chi connectivity index (χ1) is 8.20. The third-order valence-corrected chi connectivity index (χ3v) is 3.53. The molecule has 1 heterocycles. The molecule has 2 rings (SSSR count). The van der Waals surface area contributed by atoms with Gasteiger partial charge in [-0.25, -0.2) is 8.78 Å². The van der Waals surface area contributed by atoms with Crippen molar-refractivity contribution in [1.82, 2.24) is 0 Å². The number of hydrogen-bond acceptors (Lipinski definition) is 3. The molecule has 2 nitrogen and oxygen atoms in total. The van der Waals surface area contributed by atoms with E-state index in [4.69, 9.17) is 10.2 Å². The van der Waals surface area contributed by atoms with E-state index in [9.17, 15) is 8.78 Å². The van der Waals surface area contributed by atoms with Gasteiger partial charge in [0.25, 0.3) is 0 Å². The molecule has 0 amide bonds. The lowest BCUT2D eigenvalue weighted by Gasteiger charge is -2.12. The third kappa shape index (κ3) is 2.87. The van der Waals surface area contributed by atoms with Crippen molar-refractivity contribution < 1.29 is 13.2 Å². The Labute approximate surface area is 102 Å². The summed E-state index contributed by atoms with van der Waals surface area (Å²) in [7, 11) is 0. The first-order valence-corrected chi connectivity index (χ1v) is 5.94. The van der Waals surface area contributed by atoms with Crippen LogP contribution in [0.1, 0.15) is 11.0 Å². The summed E-state index contributed by atoms with van der Waals surface area (Å²) >= 11 is 1.22. The van der Waals surface area contributed by atoms with Crippen molar-refractivity contribution in [2.24, 2.45) is 5.73 Å². The van der Waals surface area contributed by atoms with Crippen LogP contribution < -0.4 is 5.73 Å². The van der Waals surface area contributed by atoms with E-state index >= 15 is 0 Å². The van der Waals surface area contributed by atoms with Gasteiger partial charge >= 0.3 is 0 Å². The number of thioether (sulfide) groups is 1. The van der Waals surface area contributed by atoms with Crippen molar-refractivity contribution in [3.63, 3.8) is 0 Å². The van der Waals surface area contributed by atoms with E-state index in [2.05, 4.69) is 0 Å². The Kier molecular flexibility index (Phi) is 3.81. The lowest BCUT2D eigenvalue weighted by atomic mass is 10.3. The van der Waals surface area contributed by atoms with Crippen LogP contribution in [0.5, 0.6) is 0 Å². The fourth-order valence-electron chi connectivity index (χ4n) is 1.42. The summed E-state index contributed by atoms with van der Waals surface area (Å²) < 4.78 is 31.4. The van der Waals surface area contributed by atoms with E-state index in [0.29, 0.717) is 17.2 Å². The van der Waals surface area contributed by atoms with Crippen molar-refractivity contribution in [2.75, 3.05) is 6.54 Å². The molecule has 5 heteroatoms. The van der Waals surface area contributed by atoms with Crippen LogP contribution in [0.15, 0.2) is 45.9 Å². The molecule has 0 saturated carbocycles. The van der Waals surface area contributed by atoms with Crippen LogP contribution in [0.25, 0.3) is 0 Å². The highest BCUT2D eigenvalue weighted by atomic mass is 32.2.